The van der Waals surface area contributed by atoms with Gasteiger partial charge in [0.25, 0.3) is 0 Å². The summed E-state index contributed by atoms with van der Waals surface area (Å²) < 4.78 is 33.9. The number of hydrogen-bond donors (Lipinski definition) is 0. The van der Waals surface area contributed by atoms with Crippen LogP contribution in [0.25, 0.3) is 0 Å². The Balaban J connectivity index is 2.26. The highest BCUT2D eigenvalue weighted by molar-refractivity contribution is 6.36. The van der Waals surface area contributed by atoms with E-state index in [1.807, 2.05) is 0 Å². The van der Waals surface area contributed by atoms with Crippen LogP contribution in [0.4, 0.5) is 8.78 Å². The van der Waals surface area contributed by atoms with Crippen LogP contribution < -0.4 is 9.47 Å². The number of carbonyl (C=O) groups is 1. The lowest BCUT2D eigenvalue weighted by molar-refractivity contribution is -0.0512. The Morgan fingerprint density at radius 3 is 2.43 bits per heavy atom. The number of nitrogens with zero attached hydrogens (tertiary/aromatic N) is 1. The molecule has 0 saturated carbocycles. The van der Waals surface area contributed by atoms with E-state index in [2.05, 4.69) is 9.72 Å². The second kappa shape index (κ2) is 7.57. The molecule has 0 aliphatic heterocycles. The molecule has 0 amide bonds. The summed E-state index contributed by atoms with van der Waals surface area (Å²) in [6.45, 7) is -2.99. The summed E-state index contributed by atoms with van der Waals surface area (Å²) in [5, 5.41) is 0.547. The number of Topliss-reactive ketones (excluding diaryl/α,β-unsaturated/α-hetero) is 1. The number of ether oxygens (including phenoxy) is 2. The molecule has 0 N–H and O–H groups in total. The molecule has 2 aromatic rings. The molecule has 0 atom stereocenters. The van der Waals surface area contributed by atoms with Crippen LogP contribution in [0.2, 0.25) is 10.0 Å². The van der Waals surface area contributed by atoms with E-state index >= 15 is 0 Å². The highest BCUT2D eigenvalue weighted by atomic mass is 35.5. The normalized spacial score (nSPS) is 10.7. The minimum absolute atomic E-state index is 0.0306. The minimum Gasteiger partial charge on any atom is -0.493 e. The molecule has 2 rings (SSSR count). The molecule has 122 valence electrons. The number of halogens is 4. The van der Waals surface area contributed by atoms with Crippen molar-refractivity contribution in [1.29, 1.82) is 0 Å². The van der Waals surface area contributed by atoms with Crippen LogP contribution in [0.15, 0.2) is 30.6 Å². The third kappa shape index (κ3) is 4.30. The van der Waals surface area contributed by atoms with E-state index in [1.165, 1.54) is 37.7 Å². The van der Waals surface area contributed by atoms with E-state index in [-0.39, 0.29) is 39.3 Å². The van der Waals surface area contributed by atoms with Gasteiger partial charge >= 0.3 is 6.61 Å². The maximum absolute atomic E-state index is 12.3. The van der Waals surface area contributed by atoms with Gasteiger partial charge in [-0.25, -0.2) is 0 Å². The lowest BCUT2D eigenvalue weighted by atomic mass is 10.0. The first-order chi connectivity index (χ1) is 10.9. The minimum atomic E-state index is -2.99. The van der Waals surface area contributed by atoms with Gasteiger partial charge in [0.2, 0.25) is 0 Å². The molecule has 0 bridgehead atoms. The van der Waals surface area contributed by atoms with Gasteiger partial charge in [-0.15, -0.1) is 0 Å². The summed E-state index contributed by atoms with van der Waals surface area (Å²) in [5.74, 6) is -0.427. The van der Waals surface area contributed by atoms with Crippen molar-refractivity contribution in [3.05, 3.63) is 51.8 Å². The lowest BCUT2D eigenvalue weighted by Crippen LogP contribution is -2.07. The summed E-state index contributed by atoms with van der Waals surface area (Å²) in [6, 6.07) is 3.93. The zero-order valence-electron chi connectivity index (χ0n) is 11.9. The van der Waals surface area contributed by atoms with Crippen LogP contribution in [0, 0.1) is 0 Å². The second-order valence-corrected chi connectivity index (χ2v) is 5.24. The summed E-state index contributed by atoms with van der Waals surface area (Å²) >= 11 is 11.9. The van der Waals surface area contributed by atoms with Crippen molar-refractivity contribution < 1.29 is 23.0 Å². The number of benzene rings is 1. The molecule has 1 aromatic heterocycles. The highest BCUT2D eigenvalue weighted by Gasteiger charge is 2.17. The monoisotopic (exact) mass is 361 g/mol. The topological polar surface area (TPSA) is 48.4 Å². The van der Waals surface area contributed by atoms with E-state index in [0.717, 1.165) is 0 Å². The quantitative estimate of drug-likeness (QED) is 0.714. The van der Waals surface area contributed by atoms with Crippen LogP contribution >= 0.6 is 23.2 Å². The van der Waals surface area contributed by atoms with Gasteiger partial charge in [0.1, 0.15) is 0 Å². The summed E-state index contributed by atoms with van der Waals surface area (Å²) in [7, 11) is 1.29. The number of ketones is 1. The van der Waals surface area contributed by atoms with Gasteiger partial charge in [-0.2, -0.15) is 8.78 Å². The maximum atomic E-state index is 12.3. The van der Waals surface area contributed by atoms with Gasteiger partial charge in [-0.05, 0) is 18.2 Å². The highest BCUT2D eigenvalue weighted by Crippen LogP contribution is 2.31. The molecule has 8 heteroatoms. The summed E-state index contributed by atoms with van der Waals surface area (Å²) in [4.78, 5) is 16.1. The van der Waals surface area contributed by atoms with Crippen LogP contribution in [0.3, 0.4) is 0 Å². The number of alkyl halides is 2. The van der Waals surface area contributed by atoms with E-state index in [0.29, 0.717) is 5.56 Å². The number of pyridine rings is 1. The molecular formula is C15H11Cl2F2NO3. The van der Waals surface area contributed by atoms with Crippen molar-refractivity contribution in [2.24, 2.45) is 0 Å². The Hall–Kier alpha value is -1.92. The molecule has 0 aliphatic rings. The molecular weight excluding hydrogens is 351 g/mol. The fourth-order valence-electron chi connectivity index (χ4n) is 1.90. The number of hydrogen-bond acceptors (Lipinski definition) is 4. The Labute approximate surface area is 140 Å². The first-order valence-corrected chi connectivity index (χ1v) is 7.12. The van der Waals surface area contributed by atoms with Gasteiger partial charge in [-0.3, -0.25) is 9.78 Å². The van der Waals surface area contributed by atoms with E-state index in [1.54, 1.807) is 0 Å². The number of rotatable bonds is 6. The number of aromatic nitrogens is 1. The molecule has 4 nitrogen and oxygen atoms in total. The van der Waals surface area contributed by atoms with E-state index in [9.17, 15) is 13.6 Å². The zero-order chi connectivity index (χ0) is 17.0. The van der Waals surface area contributed by atoms with E-state index in [4.69, 9.17) is 27.9 Å². The molecule has 0 unspecified atom stereocenters. The smallest absolute Gasteiger partial charge is 0.387 e. The van der Waals surface area contributed by atoms with Crippen molar-refractivity contribution >= 4 is 29.0 Å². The van der Waals surface area contributed by atoms with Gasteiger partial charge in [0.15, 0.2) is 17.3 Å². The predicted molar refractivity (Wildman–Crippen MR) is 81.9 cm³/mol. The SMILES string of the molecule is COc1cc(C(=O)Cc2c(Cl)cncc2Cl)ccc1OC(F)F. The zero-order valence-corrected chi connectivity index (χ0v) is 13.4. The largest absolute Gasteiger partial charge is 0.493 e. The van der Waals surface area contributed by atoms with Gasteiger partial charge in [0, 0.05) is 29.9 Å². The van der Waals surface area contributed by atoms with Crippen LogP contribution in [-0.2, 0) is 6.42 Å². The van der Waals surface area contributed by atoms with Crippen molar-refractivity contribution in [3.63, 3.8) is 0 Å². The van der Waals surface area contributed by atoms with Crippen molar-refractivity contribution in [2.75, 3.05) is 7.11 Å². The van der Waals surface area contributed by atoms with Crippen molar-refractivity contribution in [2.45, 2.75) is 13.0 Å². The molecule has 1 aromatic carbocycles. The lowest BCUT2D eigenvalue weighted by Gasteiger charge is -2.11. The molecule has 1 heterocycles. The van der Waals surface area contributed by atoms with Gasteiger partial charge < -0.3 is 9.47 Å². The molecule has 0 saturated heterocycles. The molecule has 23 heavy (non-hydrogen) atoms. The van der Waals surface area contributed by atoms with Crippen molar-refractivity contribution in [1.82, 2.24) is 4.98 Å². The summed E-state index contributed by atoms with van der Waals surface area (Å²) in [5.41, 5.74) is 0.701. The molecule has 0 fully saturated rings. The second-order valence-electron chi connectivity index (χ2n) is 4.43. The van der Waals surface area contributed by atoms with E-state index < -0.39 is 6.61 Å². The maximum Gasteiger partial charge on any atom is 0.387 e. The molecule has 0 aliphatic carbocycles. The first kappa shape index (κ1) is 17.4. The van der Waals surface area contributed by atoms with Crippen LogP contribution in [0.5, 0.6) is 11.5 Å². The Kier molecular flexibility index (Phi) is 5.74. The van der Waals surface area contributed by atoms with Gasteiger partial charge in [0.05, 0.1) is 17.2 Å². The molecule has 0 spiro atoms. The Bertz CT molecular complexity index is 706. The van der Waals surface area contributed by atoms with Crippen LogP contribution in [0.1, 0.15) is 15.9 Å². The van der Waals surface area contributed by atoms with Crippen LogP contribution in [-0.4, -0.2) is 24.5 Å². The third-order valence-electron chi connectivity index (χ3n) is 2.99. The average Bonchev–Trinajstić information content (AvgIpc) is 2.50. The Morgan fingerprint density at radius 1 is 1.22 bits per heavy atom. The number of methoxy groups -OCH3 is 1. The average molecular weight is 362 g/mol. The fourth-order valence-corrected chi connectivity index (χ4v) is 2.40. The molecule has 0 radical (unpaired) electrons. The summed E-state index contributed by atoms with van der Waals surface area (Å²) in [6.07, 6.45) is 2.71. The van der Waals surface area contributed by atoms with Gasteiger partial charge in [-0.1, -0.05) is 23.2 Å². The number of carbonyl (C=O) groups excluding carboxylic acids is 1. The standard InChI is InChI=1S/C15H11Cl2F2NO3/c1-22-14-4-8(2-3-13(14)23-15(18)19)12(21)5-9-10(16)6-20-7-11(9)17/h2-4,6-7,15H,5H2,1H3. The fraction of sp³-hybridized carbons (Fsp3) is 0.200. The Morgan fingerprint density at radius 2 is 1.87 bits per heavy atom. The predicted octanol–water partition coefficient (Wildman–Crippen LogP) is 4.42. The first-order valence-electron chi connectivity index (χ1n) is 6.36. The third-order valence-corrected chi connectivity index (χ3v) is 3.64. The van der Waals surface area contributed by atoms with Crippen molar-refractivity contribution in [3.8, 4) is 11.5 Å².